The molecule has 2 heterocycles. The molecule has 20 heavy (non-hydrogen) atoms. The van der Waals surface area contributed by atoms with Gasteiger partial charge in [0.25, 0.3) is 5.91 Å². The van der Waals surface area contributed by atoms with Crippen LogP contribution in [-0.4, -0.2) is 33.5 Å². The molecule has 0 aromatic carbocycles. The maximum Gasteiger partial charge on any atom is 0.354 e. The number of amides is 1. The fourth-order valence-corrected chi connectivity index (χ4v) is 2.37. The molecule has 0 saturated heterocycles. The second-order valence-electron chi connectivity index (χ2n) is 4.12. The van der Waals surface area contributed by atoms with Gasteiger partial charge in [-0.25, -0.2) is 14.8 Å². The number of nitrogens with zero attached hydrogens (tertiary/aromatic N) is 2. The van der Waals surface area contributed by atoms with Gasteiger partial charge in [0, 0.05) is 35.8 Å². The zero-order valence-electron chi connectivity index (χ0n) is 10.8. The van der Waals surface area contributed by atoms with Crippen molar-refractivity contribution in [1.29, 1.82) is 0 Å². The summed E-state index contributed by atoms with van der Waals surface area (Å²) < 4.78 is 0. The van der Waals surface area contributed by atoms with Crippen LogP contribution in [0.3, 0.4) is 0 Å². The molecule has 1 amide bonds. The summed E-state index contributed by atoms with van der Waals surface area (Å²) in [7, 11) is 0. The molecule has 0 aliphatic rings. The van der Waals surface area contributed by atoms with Gasteiger partial charge in [0.1, 0.15) is 5.69 Å². The fraction of sp³-hybridized carbons (Fsp3) is 0.231. The van der Waals surface area contributed by atoms with Crippen molar-refractivity contribution in [3.63, 3.8) is 0 Å². The van der Waals surface area contributed by atoms with Crippen molar-refractivity contribution in [2.24, 2.45) is 0 Å². The van der Waals surface area contributed by atoms with Crippen LogP contribution < -0.4 is 5.32 Å². The normalized spacial score (nSPS) is 10.2. The molecule has 6 nitrogen and oxygen atoms in total. The Balaban J connectivity index is 1.91. The van der Waals surface area contributed by atoms with Crippen molar-refractivity contribution in [3.05, 3.63) is 45.7 Å². The molecule has 0 saturated carbocycles. The fourth-order valence-electron chi connectivity index (χ4n) is 1.59. The number of aromatic nitrogens is 2. The third-order valence-corrected chi connectivity index (χ3v) is 3.56. The number of carboxylic acid groups (broad SMARTS) is 1. The molecule has 2 aromatic heterocycles. The number of hydrogen-bond donors (Lipinski definition) is 2. The van der Waals surface area contributed by atoms with Gasteiger partial charge in [-0.05, 0) is 19.1 Å². The Kier molecular flexibility index (Phi) is 4.41. The molecule has 2 N–H and O–H groups in total. The number of carbonyl (C=O) groups is 2. The summed E-state index contributed by atoms with van der Waals surface area (Å²) in [5.74, 6) is -1.47. The van der Waals surface area contributed by atoms with Crippen LogP contribution >= 0.6 is 11.3 Å². The molecule has 104 valence electrons. The molecule has 2 rings (SSSR count). The Bertz CT molecular complexity index is 639. The minimum atomic E-state index is -1.15. The van der Waals surface area contributed by atoms with Crippen molar-refractivity contribution < 1.29 is 14.7 Å². The summed E-state index contributed by atoms with van der Waals surface area (Å²) in [5.41, 5.74) is 1.11. The van der Waals surface area contributed by atoms with Crippen molar-refractivity contribution in [1.82, 2.24) is 15.3 Å². The Morgan fingerprint density at radius 3 is 2.90 bits per heavy atom. The third kappa shape index (κ3) is 3.61. The van der Waals surface area contributed by atoms with Crippen LogP contribution in [0, 0.1) is 6.92 Å². The zero-order chi connectivity index (χ0) is 14.5. The Hall–Kier alpha value is -2.28. The summed E-state index contributed by atoms with van der Waals surface area (Å²) in [6.45, 7) is 2.37. The molecule has 0 fully saturated rings. The van der Waals surface area contributed by atoms with Crippen LogP contribution in [0.1, 0.15) is 31.5 Å². The van der Waals surface area contributed by atoms with E-state index in [0.717, 1.165) is 10.7 Å². The van der Waals surface area contributed by atoms with Gasteiger partial charge < -0.3 is 10.4 Å². The highest BCUT2D eigenvalue weighted by Crippen LogP contribution is 2.08. The first-order valence-corrected chi connectivity index (χ1v) is 6.83. The molecule has 0 aliphatic carbocycles. The van der Waals surface area contributed by atoms with Gasteiger partial charge >= 0.3 is 5.97 Å². The first kappa shape index (κ1) is 14.1. The van der Waals surface area contributed by atoms with E-state index in [1.54, 1.807) is 11.3 Å². The number of hydrogen-bond acceptors (Lipinski definition) is 5. The summed E-state index contributed by atoms with van der Waals surface area (Å²) in [4.78, 5) is 30.6. The minimum absolute atomic E-state index is 0.145. The van der Waals surface area contributed by atoms with Crippen LogP contribution in [0.2, 0.25) is 0 Å². The largest absolute Gasteiger partial charge is 0.477 e. The molecule has 0 radical (unpaired) electrons. The zero-order valence-corrected chi connectivity index (χ0v) is 11.6. The predicted molar refractivity (Wildman–Crippen MR) is 74.1 cm³/mol. The van der Waals surface area contributed by atoms with Gasteiger partial charge in [-0.1, -0.05) is 0 Å². The average Bonchev–Trinajstić information content (AvgIpc) is 2.84. The van der Waals surface area contributed by atoms with Crippen molar-refractivity contribution in [2.75, 3.05) is 6.54 Å². The van der Waals surface area contributed by atoms with E-state index in [9.17, 15) is 9.59 Å². The molecule has 0 atom stereocenters. The smallest absolute Gasteiger partial charge is 0.354 e. The summed E-state index contributed by atoms with van der Waals surface area (Å²) >= 11 is 1.55. The molecule has 2 aromatic rings. The van der Waals surface area contributed by atoms with Crippen LogP contribution in [0.5, 0.6) is 0 Å². The lowest BCUT2D eigenvalue weighted by Gasteiger charge is -2.04. The number of rotatable bonds is 5. The van der Waals surface area contributed by atoms with Gasteiger partial charge in [0.05, 0.1) is 5.01 Å². The Morgan fingerprint density at radius 1 is 1.45 bits per heavy atom. The van der Waals surface area contributed by atoms with Gasteiger partial charge in [-0.3, -0.25) is 4.79 Å². The van der Waals surface area contributed by atoms with E-state index in [1.165, 1.54) is 18.3 Å². The van der Waals surface area contributed by atoms with E-state index in [2.05, 4.69) is 15.3 Å². The highest BCUT2D eigenvalue weighted by molar-refractivity contribution is 7.09. The number of aryl methyl sites for hydroxylation is 1. The maximum atomic E-state index is 11.9. The van der Waals surface area contributed by atoms with E-state index < -0.39 is 5.97 Å². The van der Waals surface area contributed by atoms with E-state index in [4.69, 9.17) is 5.11 Å². The molecule has 0 aliphatic heterocycles. The van der Waals surface area contributed by atoms with Gasteiger partial charge in [-0.15, -0.1) is 11.3 Å². The average molecular weight is 291 g/mol. The van der Waals surface area contributed by atoms with Gasteiger partial charge in [-0.2, -0.15) is 0 Å². The second-order valence-corrected chi connectivity index (χ2v) is 5.07. The topological polar surface area (TPSA) is 92.2 Å². The quantitative estimate of drug-likeness (QED) is 0.871. The number of aromatic carboxylic acids is 1. The number of thiazole rings is 1. The third-order valence-electron chi connectivity index (χ3n) is 2.53. The van der Waals surface area contributed by atoms with Crippen LogP contribution in [0.4, 0.5) is 0 Å². The lowest BCUT2D eigenvalue weighted by atomic mass is 10.2. The second kappa shape index (κ2) is 6.25. The lowest BCUT2D eigenvalue weighted by molar-refractivity contribution is 0.0690. The number of pyridine rings is 1. The van der Waals surface area contributed by atoms with Crippen LogP contribution in [-0.2, 0) is 6.42 Å². The van der Waals surface area contributed by atoms with E-state index in [0.29, 0.717) is 13.0 Å². The Labute approximate surface area is 119 Å². The maximum absolute atomic E-state index is 11.9. The molecule has 7 heteroatoms. The standard InChI is InChI=1S/C13H13N3O3S/c1-8-7-20-11(16-8)3-5-15-12(17)9-2-4-14-10(6-9)13(18)19/h2,4,6-7H,3,5H2,1H3,(H,15,17)(H,18,19). The number of carbonyl (C=O) groups excluding carboxylic acids is 1. The van der Waals surface area contributed by atoms with Crippen molar-refractivity contribution in [3.8, 4) is 0 Å². The van der Waals surface area contributed by atoms with Crippen LogP contribution in [0.15, 0.2) is 23.7 Å². The van der Waals surface area contributed by atoms with E-state index in [-0.39, 0.29) is 17.2 Å². The molecule has 0 bridgehead atoms. The monoisotopic (exact) mass is 291 g/mol. The van der Waals surface area contributed by atoms with E-state index in [1.807, 2.05) is 12.3 Å². The SMILES string of the molecule is Cc1csc(CCNC(=O)c2ccnc(C(=O)O)c2)n1. The highest BCUT2D eigenvalue weighted by atomic mass is 32.1. The number of carboxylic acids is 1. The minimum Gasteiger partial charge on any atom is -0.477 e. The van der Waals surface area contributed by atoms with Gasteiger partial charge in [0.15, 0.2) is 0 Å². The Morgan fingerprint density at radius 2 is 2.25 bits per heavy atom. The summed E-state index contributed by atoms with van der Waals surface area (Å²) in [6.07, 6.45) is 1.96. The predicted octanol–water partition coefficient (Wildman–Crippen LogP) is 1.52. The highest BCUT2D eigenvalue weighted by Gasteiger charge is 2.10. The molecule has 0 spiro atoms. The molecule has 0 unspecified atom stereocenters. The molecular weight excluding hydrogens is 278 g/mol. The van der Waals surface area contributed by atoms with Crippen molar-refractivity contribution in [2.45, 2.75) is 13.3 Å². The first-order valence-electron chi connectivity index (χ1n) is 5.95. The lowest BCUT2D eigenvalue weighted by Crippen LogP contribution is -2.26. The summed E-state index contributed by atoms with van der Waals surface area (Å²) in [5, 5.41) is 14.5. The van der Waals surface area contributed by atoms with E-state index >= 15 is 0 Å². The first-order chi connectivity index (χ1) is 9.56. The number of nitrogens with one attached hydrogen (secondary N) is 1. The van der Waals surface area contributed by atoms with Crippen LogP contribution in [0.25, 0.3) is 0 Å². The van der Waals surface area contributed by atoms with Crippen molar-refractivity contribution >= 4 is 23.2 Å². The van der Waals surface area contributed by atoms with Gasteiger partial charge in [0.2, 0.25) is 0 Å². The summed E-state index contributed by atoms with van der Waals surface area (Å²) in [6, 6.07) is 2.74. The molecular formula is C13H13N3O3S.